The van der Waals surface area contributed by atoms with Gasteiger partial charge in [0.15, 0.2) is 0 Å². The molecule has 1 fully saturated rings. The van der Waals surface area contributed by atoms with Gasteiger partial charge in [0.2, 0.25) is 17.7 Å². The third-order valence-corrected chi connectivity index (χ3v) is 8.81. The minimum Gasteiger partial charge on any atom is -0.480 e. The van der Waals surface area contributed by atoms with Gasteiger partial charge in [0.25, 0.3) is 0 Å². The van der Waals surface area contributed by atoms with E-state index in [4.69, 9.17) is 46.4 Å². The van der Waals surface area contributed by atoms with Crippen molar-refractivity contribution in [3.63, 3.8) is 0 Å². The number of piperazine rings is 1. The largest absolute Gasteiger partial charge is 0.480 e. The number of benzene rings is 3. The van der Waals surface area contributed by atoms with E-state index in [1.165, 1.54) is 23.1 Å². The standard InChI is InChI=1S/C32H28Cl4F3N3O5/c33-23-7-3-20(25(35)13-23)9-11-40(18-30(45)46)28(43)15-27-31(47)41(12-10-21-4-8-24(34)14-26(21)36)17-29(44)42(27)16-19-1-5-22(6-2-19)32(37,38)39/h1-8,13-14,27H,9-12,15-18H2,(H,45,46). The zero-order valence-electron chi connectivity index (χ0n) is 24.6. The van der Waals surface area contributed by atoms with Crippen LogP contribution in [0.25, 0.3) is 0 Å². The number of carboxylic acid groups (broad SMARTS) is 1. The number of nitrogens with zero attached hydrogens (tertiary/aromatic N) is 3. The van der Waals surface area contributed by atoms with E-state index in [1.807, 2.05) is 0 Å². The summed E-state index contributed by atoms with van der Waals surface area (Å²) in [6.07, 6.45) is -4.69. The van der Waals surface area contributed by atoms with E-state index in [-0.39, 0.29) is 39.0 Å². The highest BCUT2D eigenvalue weighted by Gasteiger charge is 2.41. The fraction of sp³-hybridized carbons (Fsp3) is 0.312. The van der Waals surface area contributed by atoms with Gasteiger partial charge in [0.05, 0.1) is 18.5 Å². The monoisotopic (exact) mass is 731 g/mol. The topological polar surface area (TPSA) is 98.2 Å². The minimum absolute atomic E-state index is 0.0681. The first-order valence-electron chi connectivity index (χ1n) is 14.2. The van der Waals surface area contributed by atoms with Crippen LogP contribution in [0.4, 0.5) is 13.2 Å². The molecule has 1 atom stereocenters. The Kier molecular flexibility index (Phi) is 12.1. The zero-order chi connectivity index (χ0) is 34.5. The first kappa shape index (κ1) is 36.3. The molecule has 0 aromatic heterocycles. The SMILES string of the molecule is O=C(O)CN(CCc1ccc(Cl)cc1Cl)C(=O)CC1C(=O)N(CCc2ccc(Cl)cc2Cl)CC(=O)N1Cc1ccc(C(F)(F)F)cc1. The lowest BCUT2D eigenvalue weighted by Gasteiger charge is -2.40. The molecule has 250 valence electrons. The van der Waals surface area contributed by atoms with Crippen molar-refractivity contribution < 1.29 is 37.5 Å². The Balaban J connectivity index is 1.58. The molecule has 3 aromatic rings. The van der Waals surface area contributed by atoms with Crippen LogP contribution in [-0.4, -0.2) is 75.7 Å². The van der Waals surface area contributed by atoms with E-state index in [0.717, 1.165) is 21.9 Å². The summed E-state index contributed by atoms with van der Waals surface area (Å²) in [5.74, 6) is -3.13. The summed E-state index contributed by atoms with van der Waals surface area (Å²) in [6.45, 7) is -1.28. The molecule has 4 rings (SSSR count). The van der Waals surface area contributed by atoms with E-state index >= 15 is 0 Å². The van der Waals surface area contributed by atoms with Crippen molar-refractivity contribution in [1.82, 2.24) is 14.7 Å². The average Bonchev–Trinajstić information content (AvgIpc) is 2.99. The Labute approximate surface area is 288 Å². The predicted molar refractivity (Wildman–Crippen MR) is 172 cm³/mol. The maximum Gasteiger partial charge on any atom is 0.416 e. The van der Waals surface area contributed by atoms with Gasteiger partial charge < -0.3 is 19.8 Å². The number of carboxylic acids is 1. The summed E-state index contributed by atoms with van der Waals surface area (Å²) in [5, 5.41) is 11.0. The quantitative estimate of drug-likeness (QED) is 0.225. The van der Waals surface area contributed by atoms with E-state index in [1.54, 1.807) is 30.3 Å². The van der Waals surface area contributed by atoms with Crippen LogP contribution < -0.4 is 0 Å². The first-order chi connectivity index (χ1) is 22.1. The molecule has 1 unspecified atom stereocenters. The normalized spacial score (nSPS) is 15.3. The van der Waals surface area contributed by atoms with E-state index in [2.05, 4.69) is 0 Å². The summed E-state index contributed by atoms with van der Waals surface area (Å²) >= 11 is 24.5. The van der Waals surface area contributed by atoms with Crippen molar-refractivity contribution >= 4 is 70.1 Å². The van der Waals surface area contributed by atoms with Crippen LogP contribution in [0, 0.1) is 0 Å². The number of halogens is 7. The second-order valence-electron chi connectivity index (χ2n) is 10.9. The Morgan fingerprint density at radius 3 is 1.98 bits per heavy atom. The second-order valence-corrected chi connectivity index (χ2v) is 12.6. The molecule has 1 heterocycles. The maximum absolute atomic E-state index is 13.9. The van der Waals surface area contributed by atoms with Crippen LogP contribution in [0.2, 0.25) is 20.1 Å². The van der Waals surface area contributed by atoms with Gasteiger partial charge in [-0.05, 0) is 65.9 Å². The number of amides is 3. The van der Waals surface area contributed by atoms with Crippen molar-refractivity contribution in [2.75, 3.05) is 26.2 Å². The molecule has 1 saturated heterocycles. The molecule has 1 N–H and O–H groups in total. The first-order valence-corrected chi connectivity index (χ1v) is 15.8. The van der Waals surface area contributed by atoms with Gasteiger partial charge in [-0.2, -0.15) is 13.2 Å². The Morgan fingerprint density at radius 2 is 1.45 bits per heavy atom. The smallest absolute Gasteiger partial charge is 0.416 e. The van der Waals surface area contributed by atoms with Gasteiger partial charge in [0, 0.05) is 39.7 Å². The van der Waals surface area contributed by atoms with Crippen LogP contribution in [0.5, 0.6) is 0 Å². The predicted octanol–water partition coefficient (Wildman–Crippen LogP) is 6.65. The van der Waals surface area contributed by atoms with Gasteiger partial charge in [-0.1, -0.05) is 70.7 Å². The number of rotatable bonds is 12. The highest BCUT2D eigenvalue weighted by Crippen LogP contribution is 2.30. The Morgan fingerprint density at radius 1 is 0.872 bits per heavy atom. The van der Waals surface area contributed by atoms with Crippen LogP contribution in [0.3, 0.4) is 0 Å². The van der Waals surface area contributed by atoms with Crippen LogP contribution in [0.15, 0.2) is 60.7 Å². The summed E-state index contributed by atoms with van der Waals surface area (Å²) in [6, 6.07) is 12.4. The fourth-order valence-electron chi connectivity index (χ4n) is 5.14. The molecular formula is C32H28Cl4F3N3O5. The molecule has 0 radical (unpaired) electrons. The number of hydrogen-bond donors (Lipinski definition) is 1. The summed E-state index contributed by atoms with van der Waals surface area (Å²) in [4.78, 5) is 56.1. The highest BCUT2D eigenvalue weighted by atomic mass is 35.5. The average molecular weight is 733 g/mol. The van der Waals surface area contributed by atoms with Gasteiger partial charge in [-0.3, -0.25) is 19.2 Å². The molecule has 1 aliphatic heterocycles. The maximum atomic E-state index is 13.9. The molecule has 0 spiro atoms. The van der Waals surface area contributed by atoms with Crippen molar-refractivity contribution in [3.8, 4) is 0 Å². The number of aliphatic carboxylic acids is 1. The lowest BCUT2D eigenvalue weighted by molar-refractivity contribution is -0.159. The molecule has 47 heavy (non-hydrogen) atoms. The summed E-state index contributed by atoms with van der Waals surface area (Å²) in [5.41, 5.74) is 0.702. The molecule has 8 nitrogen and oxygen atoms in total. The molecule has 1 aliphatic rings. The number of hydrogen-bond acceptors (Lipinski definition) is 4. The van der Waals surface area contributed by atoms with Crippen molar-refractivity contribution in [2.45, 2.75) is 38.0 Å². The van der Waals surface area contributed by atoms with E-state index < -0.39 is 54.4 Å². The molecule has 15 heteroatoms. The zero-order valence-corrected chi connectivity index (χ0v) is 27.6. The Bertz CT molecular complexity index is 1660. The molecule has 0 aliphatic carbocycles. The molecule has 0 saturated carbocycles. The highest BCUT2D eigenvalue weighted by molar-refractivity contribution is 6.35. The number of carbonyl (C=O) groups is 4. The number of alkyl halides is 3. The van der Waals surface area contributed by atoms with E-state index in [9.17, 15) is 37.5 Å². The van der Waals surface area contributed by atoms with Gasteiger partial charge in [-0.25, -0.2) is 0 Å². The molecule has 3 aromatic carbocycles. The third-order valence-electron chi connectivity index (χ3n) is 7.63. The lowest BCUT2D eigenvalue weighted by atomic mass is 10.0. The van der Waals surface area contributed by atoms with E-state index in [0.29, 0.717) is 36.8 Å². The molecule has 0 bridgehead atoms. The van der Waals surface area contributed by atoms with Crippen molar-refractivity contribution in [1.29, 1.82) is 0 Å². The van der Waals surface area contributed by atoms with Crippen LogP contribution in [-0.2, 0) is 44.7 Å². The third kappa shape index (κ3) is 9.76. The summed E-state index contributed by atoms with van der Waals surface area (Å²) in [7, 11) is 0. The molecule has 3 amide bonds. The number of carbonyl (C=O) groups excluding carboxylic acids is 3. The summed E-state index contributed by atoms with van der Waals surface area (Å²) < 4.78 is 39.4. The molecular weight excluding hydrogens is 705 g/mol. The van der Waals surface area contributed by atoms with Gasteiger partial charge in [0.1, 0.15) is 12.6 Å². The Hall–Kier alpha value is -3.51. The van der Waals surface area contributed by atoms with Gasteiger partial charge >= 0.3 is 12.1 Å². The van der Waals surface area contributed by atoms with Crippen molar-refractivity contribution in [3.05, 3.63) is 103 Å². The second kappa shape index (κ2) is 15.6. The fourth-order valence-corrected chi connectivity index (χ4v) is 6.15. The van der Waals surface area contributed by atoms with Crippen LogP contribution >= 0.6 is 46.4 Å². The van der Waals surface area contributed by atoms with Gasteiger partial charge in [-0.15, -0.1) is 0 Å². The minimum atomic E-state index is -4.57. The van der Waals surface area contributed by atoms with Crippen LogP contribution in [0.1, 0.15) is 28.7 Å². The lowest BCUT2D eigenvalue weighted by Crippen LogP contribution is -2.61. The van der Waals surface area contributed by atoms with Crippen molar-refractivity contribution in [2.24, 2.45) is 0 Å².